The first-order valence-corrected chi connectivity index (χ1v) is 5.97. The number of aryl methyl sites for hydroxylation is 2. The number of carboxylic acids is 1. The standard InChI is InChI=1S/C13H13N3O5/c1-7-4-5-9(8(6-7)12(18)19)21-10-11(17)15(2)13(20)16(3)14-10/h4-6H,1-3H3,(H,18,19). The van der Waals surface area contributed by atoms with Crippen LogP contribution in [-0.2, 0) is 14.1 Å². The molecule has 0 fully saturated rings. The zero-order chi connectivity index (χ0) is 15.7. The third-order valence-corrected chi connectivity index (χ3v) is 2.86. The van der Waals surface area contributed by atoms with Crippen molar-refractivity contribution in [2.45, 2.75) is 6.92 Å². The van der Waals surface area contributed by atoms with E-state index in [0.29, 0.717) is 0 Å². The molecule has 0 aliphatic rings. The fourth-order valence-electron chi connectivity index (χ4n) is 1.74. The minimum Gasteiger partial charge on any atom is -0.478 e. The number of carboxylic acid groups (broad SMARTS) is 1. The molecule has 0 radical (unpaired) electrons. The van der Waals surface area contributed by atoms with Crippen LogP contribution in [0.4, 0.5) is 0 Å². The molecule has 2 rings (SSSR count). The molecule has 0 bridgehead atoms. The van der Waals surface area contributed by atoms with E-state index in [1.54, 1.807) is 13.0 Å². The minimum atomic E-state index is -1.18. The smallest absolute Gasteiger partial charge is 0.347 e. The summed E-state index contributed by atoms with van der Waals surface area (Å²) in [5.41, 5.74) is -0.696. The molecule has 1 heterocycles. The summed E-state index contributed by atoms with van der Waals surface area (Å²) in [6, 6.07) is 4.50. The van der Waals surface area contributed by atoms with Gasteiger partial charge in [0.25, 0.3) is 0 Å². The number of carbonyl (C=O) groups is 1. The van der Waals surface area contributed by atoms with Gasteiger partial charge in [0.15, 0.2) is 0 Å². The van der Waals surface area contributed by atoms with Crippen molar-refractivity contribution in [1.29, 1.82) is 0 Å². The highest BCUT2D eigenvalue weighted by Gasteiger charge is 2.16. The predicted molar refractivity (Wildman–Crippen MR) is 72.9 cm³/mol. The molecule has 110 valence electrons. The Hall–Kier alpha value is -2.90. The van der Waals surface area contributed by atoms with Gasteiger partial charge in [0.2, 0.25) is 0 Å². The number of rotatable bonds is 3. The van der Waals surface area contributed by atoms with Crippen molar-refractivity contribution in [2.24, 2.45) is 14.1 Å². The summed E-state index contributed by atoms with van der Waals surface area (Å²) in [4.78, 5) is 34.6. The zero-order valence-electron chi connectivity index (χ0n) is 11.7. The average Bonchev–Trinajstić information content (AvgIpc) is 2.44. The summed E-state index contributed by atoms with van der Waals surface area (Å²) in [5.74, 6) is -1.57. The Bertz CT molecular complexity index is 835. The molecule has 1 aromatic heterocycles. The zero-order valence-corrected chi connectivity index (χ0v) is 11.7. The number of aromatic nitrogens is 3. The molecule has 0 spiro atoms. The molecule has 0 atom stereocenters. The maximum Gasteiger partial charge on any atom is 0.347 e. The molecule has 0 aliphatic carbocycles. The lowest BCUT2D eigenvalue weighted by molar-refractivity contribution is 0.0694. The Labute approximate surface area is 118 Å². The maximum absolute atomic E-state index is 11.9. The Kier molecular flexibility index (Phi) is 3.62. The molecule has 0 unspecified atom stereocenters. The topological polar surface area (TPSA) is 103 Å². The van der Waals surface area contributed by atoms with E-state index in [4.69, 9.17) is 9.84 Å². The number of hydrogen-bond donors (Lipinski definition) is 1. The highest BCUT2D eigenvalue weighted by molar-refractivity contribution is 5.91. The monoisotopic (exact) mass is 291 g/mol. The number of nitrogens with zero attached hydrogens (tertiary/aromatic N) is 3. The van der Waals surface area contributed by atoms with Crippen molar-refractivity contribution in [1.82, 2.24) is 14.3 Å². The molecule has 8 heteroatoms. The Morgan fingerprint density at radius 3 is 2.57 bits per heavy atom. The molecule has 0 saturated heterocycles. The van der Waals surface area contributed by atoms with Gasteiger partial charge in [-0.15, -0.1) is 5.10 Å². The van der Waals surface area contributed by atoms with Gasteiger partial charge in [0.1, 0.15) is 11.3 Å². The first kappa shape index (κ1) is 14.5. The summed E-state index contributed by atoms with van der Waals surface area (Å²) >= 11 is 0. The van der Waals surface area contributed by atoms with Gasteiger partial charge < -0.3 is 9.84 Å². The molecular formula is C13H13N3O5. The molecule has 2 aromatic rings. The van der Waals surface area contributed by atoms with Gasteiger partial charge in [0, 0.05) is 14.1 Å². The Balaban J connectivity index is 2.56. The summed E-state index contributed by atoms with van der Waals surface area (Å²) in [7, 11) is 2.65. The second-order valence-electron chi connectivity index (χ2n) is 4.48. The molecule has 21 heavy (non-hydrogen) atoms. The predicted octanol–water partition coefficient (Wildman–Crippen LogP) is 0.278. The summed E-state index contributed by atoms with van der Waals surface area (Å²) < 4.78 is 7.05. The first-order valence-electron chi connectivity index (χ1n) is 5.97. The Morgan fingerprint density at radius 2 is 1.95 bits per heavy atom. The second kappa shape index (κ2) is 5.23. The second-order valence-corrected chi connectivity index (χ2v) is 4.48. The van der Waals surface area contributed by atoms with E-state index >= 15 is 0 Å². The van der Waals surface area contributed by atoms with Crippen LogP contribution in [0.15, 0.2) is 27.8 Å². The minimum absolute atomic E-state index is 0.0173. The van der Waals surface area contributed by atoms with Crippen molar-refractivity contribution >= 4 is 5.97 Å². The molecule has 0 aliphatic heterocycles. The fraction of sp³-hybridized carbons (Fsp3) is 0.231. The van der Waals surface area contributed by atoms with Gasteiger partial charge in [-0.3, -0.25) is 9.36 Å². The molecule has 1 aromatic carbocycles. The van der Waals surface area contributed by atoms with Crippen LogP contribution in [0.2, 0.25) is 0 Å². The highest BCUT2D eigenvalue weighted by atomic mass is 16.5. The average molecular weight is 291 g/mol. The Morgan fingerprint density at radius 1 is 1.29 bits per heavy atom. The SMILES string of the molecule is Cc1ccc(Oc2nn(C)c(=O)n(C)c2=O)c(C(=O)O)c1. The van der Waals surface area contributed by atoms with E-state index in [9.17, 15) is 14.4 Å². The van der Waals surface area contributed by atoms with Gasteiger partial charge in [-0.1, -0.05) is 11.6 Å². The number of benzene rings is 1. The van der Waals surface area contributed by atoms with Crippen LogP contribution < -0.4 is 16.0 Å². The summed E-state index contributed by atoms with van der Waals surface area (Å²) in [6.07, 6.45) is 0. The number of hydrogen-bond acceptors (Lipinski definition) is 5. The van der Waals surface area contributed by atoms with Crippen molar-refractivity contribution in [3.63, 3.8) is 0 Å². The van der Waals surface area contributed by atoms with Crippen LogP contribution in [0.3, 0.4) is 0 Å². The lowest BCUT2D eigenvalue weighted by Gasteiger charge is -2.09. The van der Waals surface area contributed by atoms with Crippen molar-refractivity contribution in [3.8, 4) is 11.6 Å². The normalized spacial score (nSPS) is 10.4. The molecular weight excluding hydrogens is 278 g/mol. The fourth-order valence-corrected chi connectivity index (χ4v) is 1.74. The lowest BCUT2D eigenvalue weighted by atomic mass is 10.1. The first-order chi connectivity index (χ1) is 9.81. The van der Waals surface area contributed by atoms with E-state index < -0.39 is 17.2 Å². The van der Waals surface area contributed by atoms with Gasteiger partial charge in [0.05, 0.1) is 0 Å². The summed E-state index contributed by atoms with van der Waals surface area (Å²) in [6.45, 7) is 1.74. The van der Waals surface area contributed by atoms with Crippen LogP contribution >= 0.6 is 0 Å². The van der Waals surface area contributed by atoms with Crippen molar-refractivity contribution in [2.75, 3.05) is 0 Å². The van der Waals surface area contributed by atoms with E-state index in [0.717, 1.165) is 14.8 Å². The molecule has 8 nitrogen and oxygen atoms in total. The number of ether oxygens (including phenoxy) is 1. The molecule has 0 saturated carbocycles. The summed E-state index contributed by atoms with van der Waals surface area (Å²) in [5, 5.41) is 12.9. The van der Waals surface area contributed by atoms with Gasteiger partial charge >= 0.3 is 23.1 Å². The van der Waals surface area contributed by atoms with E-state index in [-0.39, 0.29) is 17.2 Å². The van der Waals surface area contributed by atoms with Crippen molar-refractivity contribution in [3.05, 3.63) is 50.2 Å². The van der Waals surface area contributed by atoms with Crippen LogP contribution in [0.25, 0.3) is 0 Å². The quantitative estimate of drug-likeness (QED) is 0.871. The van der Waals surface area contributed by atoms with Crippen LogP contribution in [-0.4, -0.2) is 25.4 Å². The lowest BCUT2D eigenvalue weighted by Crippen LogP contribution is -2.38. The van der Waals surface area contributed by atoms with Crippen molar-refractivity contribution < 1.29 is 14.6 Å². The van der Waals surface area contributed by atoms with Crippen LogP contribution in [0.1, 0.15) is 15.9 Å². The van der Waals surface area contributed by atoms with Crippen LogP contribution in [0, 0.1) is 6.92 Å². The molecule has 1 N–H and O–H groups in total. The van der Waals surface area contributed by atoms with Crippen LogP contribution in [0.5, 0.6) is 11.6 Å². The van der Waals surface area contributed by atoms with E-state index in [2.05, 4.69) is 5.10 Å². The van der Waals surface area contributed by atoms with E-state index in [1.165, 1.54) is 26.2 Å². The van der Waals surface area contributed by atoms with Gasteiger partial charge in [-0.25, -0.2) is 14.3 Å². The molecule has 0 amide bonds. The van der Waals surface area contributed by atoms with Gasteiger partial charge in [-0.05, 0) is 19.1 Å². The maximum atomic E-state index is 11.9. The third kappa shape index (κ3) is 2.69. The third-order valence-electron chi connectivity index (χ3n) is 2.86. The number of aromatic carboxylic acids is 1. The van der Waals surface area contributed by atoms with Gasteiger partial charge in [-0.2, -0.15) is 0 Å². The largest absolute Gasteiger partial charge is 0.478 e. The highest BCUT2D eigenvalue weighted by Crippen LogP contribution is 2.23. The van der Waals surface area contributed by atoms with E-state index in [1.807, 2.05) is 0 Å².